The molecular formula is C18H23N5O. The first-order valence-electron chi connectivity index (χ1n) is 8.60. The second-order valence-electron chi connectivity index (χ2n) is 7.02. The van der Waals surface area contributed by atoms with Gasteiger partial charge in [-0.1, -0.05) is 0 Å². The van der Waals surface area contributed by atoms with E-state index >= 15 is 0 Å². The van der Waals surface area contributed by atoms with Gasteiger partial charge >= 0.3 is 0 Å². The largest absolute Gasteiger partial charge is 0.339 e. The number of rotatable bonds is 3. The van der Waals surface area contributed by atoms with Crippen LogP contribution in [0, 0.1) is 6.92 Å². The van der Waals surface area contributed by atoms with E-state index in [4.69, 9.17) is 0 Å². The van der Waals surface area contributed by atoms with E-state index in [1.54, 1.807) is 11.0 Å². The second-order valence-corrected chi connectivity index (χ2v) is 7.02. The lowest BCUT2D eigenvalue weighted by molar-refractivity contribution is 0.0681. The minimum atomic E-state index is 0.106. The third-order valence-electron chi connectivity index (χ3n) is 5.43. The number of carbonyl (C=O) groups excluding carboxylic acids is 1. The van der Waals surface area contributed by atoms with Crippen molar-refractivity contribution in [1.29, 1.82) is 0 Å². The lowest BCUT2D eigenvalue weighted by atomic mass is 9.97. The van der Waals surface area contributed by atoms with Crippen molar-refractivity contribution in [3.8, 4) is 5.69 Å². The van der Waals surface area contributed by atoms with Crippen molar-refractivity contribution in [3.63, 3.8) is 0 Å². The summed E-state index contributed by atoms with van der Waals surface area (Å²) in [6.45, 7) is 2.00. The summed E-state index contributed by atoms with van der Waals surface area (Å²) in [4.78, 5) is 18.8. The molecule has 6 heteroatoms. The molecule has 1 N–H and O–H groups in total. The molecule has 2 saturated heterocycles. The Morgan fingerprint density at radius 2 is 2.04 bits per heavy atom. The van der Waals surface area contributed by atoms with Crippen LogP contribution in [0.15, 0.2) is 30.9 Å². The number of hydrogen-bond donors (Lipinski definition) is 1. The zero-order chi connectivity index (χ0) is 16.7. The third-order valence-corrected chi connectivity index (χ3v) is 5.43. The number of fused-ring (bicyclic) bond motifs is 2. The minimum Gasteiger partial charge on any atom is -0.339 e. The summed E-state index contributed by atoms with van der Waals surface area (Å²) in [5.74, 6) is 0.106. The van der Waals surface area contributed by atoms with Gasteiger partial charge in [-0.05, 0) is 56.4 Å². The molecule has 1 amide bonds. The molecule has 2 fully saturated rings. The topological polar surface area (TPSA) is 63.1 Å². The molecule has 24 heavy (non-hydrogen) atoms. The van der Waals surface area contributed by atoms with Gasteiger partial charge in [0.2, 0.25) is 0 Å². The average molecular weight is 325 g/mol. The highest BCUT2D eigenvalue weighted by molar-refractivity contribution is 5.94. The van der Waals surface area contributed by atoms with Crippen LogP contribution in [-0.4, -0.2) is 50.7 Å². The third kappa shape index (κ3) is 2.71. The zero-order valence-corrected chi connectivity index (χ0v) is 14.1. The molecule has 2 unspecified atom stereocenters. The van der Waals surface area contributed by atoms with E-state index in [0.717, 1.165) is 29.7 Å². The lowest BCUT2D eigenvalue weighted by Crippen LogP contribution is -2.48. The monoisotopic (exact) mass is 325 g/mol. The number of hydrogen-bond acceptors (Lipinski definition) is 4. The van der Waals surface area contributed by atoms with Gasteiger partial charge in [0.25, 0.3) is 5.91 Å². The summed E-state index contributed by atoms with van der Waals surface area (Å²) in [7, 11) is 1.94. The molecule has 0 aliphatic carbocycles. The molecule has 2 aliphatic heterocycles. The Bertz CT molecular complexity index is 730. The highest BCUT2D eigenvalue weighted by Gasteiger charge is 2.36. The van der Waals surface area contributed by atoms with Crippen molar-refractivity contribution >= 4 is 5.91 Å². The summed E-state index contributed by atoms with van der Waals surface area (Å²) in [6.07, 6.45) is 7.80. The Labute approximate surface area is 141 Å². The number of nitrogens with zero attached hydrogens (tertiary/aromatic N) is 4. The van der Waals surface area contributed by atoms with Crippen LogP contribution in [0.4, 0.5) is 0 Å². The second kappa shape index (κ2) is 6.02. The Hall–Kier alpha value is -2.21. The Morgan fingerprint density at radius 3 is 2.67 bits per heavy atom. The van der Waals surface area contributed by atoms with E-state index in [-0.39, 0.29) is 5.91 Å². The van der Waals surface area contributed by atoms with Crippen molar-refractivity contribution in [1.82, 2.24) is 25.0 Å². The van der Waals surface area contributed by atoms with E-state index in [1.807, 2.05) is 37.1 Å². The van der Waals surface area contributed by atoms with E-state index in [1.165, 1.54) is 19.2 Å². The molecule has 2 bridgehead atoms. The van der Waals surface area contributed by atoms with Gasteiger partial charge in [-0.2, -0.15) is 5.10 Å². The van der Waals surface area contributed by atoms with E-state index in [0.29, 0.717) is 18.1 Å². The van der Waals surface area contributed by atoms with Gasteiger partial charge in [0, 0.05) is 30.7 Å². The van der Waals surface area contributed by atoms with Crippen LogP contribution in [0.5, 0.6) is 0 Å². The van der Waals surface area contributed by atoms with Crippen molar-refractivity contribution in [3.05, 3.63) is 42.0 Å². The van der Waals surface area contributed by atoms with Crippen molar-refractivity contribution in [2.75, 3.05) is 7.05 Å². The first-order valence-corrected chi connectivity index (χ1v) is 8.60. The maximum atomic E-state index is 12.9. The van der Waals surface area contributed by atoms with Crippen molar-refractivity contribution in [2.24, 2.45) is 0 Å². The summed E-state index contributed by atoms with van der Waals surface area (Å²) < 4.78 is 1.72. The van der Waals surface area contributed by atoms with Crippen LogP contribution in [0.1, 0.15) is 41.6 Å². The van der Waals surface area contributed by atoms with Gasteiger partial charge in [0.15, 0.2) is 0 Å². The van der Waals surface area contributed by atoms with Crippen molar-refractivity contribution < 1.29 is 4.79 Å². The molecule has 3 heterocycles. The normalized spacial score (nSPS) is 25.7. The number of piperidine rings is 1. The number of amides is 1. The van der Waals surface area contributed by atoms with Crippen LogP contribution in [0.2, 0.25) is 0 Å². The molecule has 2 aromatic rings. The van der Waals surface area contributed by atoms with E-state index in [2.05, 4.69) is 15.4 Å². The summed E-state index contributed by atoms with van der Waals surface area (Å²) in [6, 6.07) is 7.29. The SMILES string of the molecule is Cc1cc(C(=O)N(C)C2CC3CCC(C2)N3)ccc1-n1cncn1. The Morgan fingerprint density at radius 1 is 1.29 bits per heavy atom. The number of nitrogens with one attached hydrogen (secondary N) is 1. The number of aromatic nitrogens is 3. The predicted molar refractivity (Wildman–Crippen MR) is 91.2 cm³/mol. The fourth-order valence-corrected chi connectivity index (χ4v) is 4.09. The first-order chi connectivity index (χ1) is 11.6. The fourth-order valence-electron chi connectivity index (χ4n) is 4.09. The molecular weight excluding hydrogens is 302 g/mol. The van der Waals surface area contributed by atoms with Crippen molar-refractivity contribution in [2.45, 2.75) is 50.7 Å². The van der Waals surface area contributed by atoms with Crippen LogP contribution in [0.3, 0.4) is 0 Å². The maximum absolute atomic E-state index is 12.9. The smallest absolute Gasteiger partial charge is 0.253 e. The minimum absolute atomic E-state index is 0.106. The fraction of sp³-hybridized carbons (Fsp3) is 0.500. The Balaban J connectivity index is 1.53. The summed E-state index contributed by atoms with van der Waals surface area (Å²) >= 11 is 0. The Kier molecular flexibility index (Phi) is 3.84. The maximum Gasteiger partial charge on any atom is 0.253 e. The molecule has 126 valence electrons. The van der Waals surface area contributed by atoms with E-state index < -0.39 is 0 Å². The van der Waals surface area contributed by atoms with Crippen LogP contribution >= 0.6 is 0 Å². The van der Waals surface area contributed by atoms with Crippen LogP contribution in [0.25, 0.3) is 5.69 Å². The predicted octanol–water partition coefficient (Wildman–Crippen LogP) is 1.93. The molecule has 0 radical (unpaired) electrons. The first kappa shape index (κ1) is 15.3. The number of aryl methyl sites for hydroxylation is 1. The molecule has 1 aromatic heterocycles. The van der Waals surface area contributed by atoms with Crippen LogP contribution < -0.4 is 5.32 Å². The molecule has 2 aliphatic rings. The summed E-state index contributed by atoms with van der Waals surface area (Å²) in [5.41, 5.74) is 2.71. The average Bonchev–Trinajstić information content (AvgIpc) is 3.23. The highest BCUT2D eigenvalue weighted by atomic mass is 16.2. The van der Waals surface area contributed by atoms with Gasteiger partial charge in [0.05, 0.1) is 5.69 Å². The summed E-state index contributed by atoms with van der Waals surface area (Å²) in [5, 5.41) is 7.79. The standard InChI is InChI=1S/C18H23N5O/c1-12-7-13(3-6-17(12)23-11-19-10-20-23)18(24)22(2)16-8-14-4-5-15(9-16)21-14/h3,6-7,10-11,14-16,21H,4-5,8-9H2,1-2H3. The van der Waals surface area contributed by atoms with Gasteiger partial charge in [-0.15, -0.1) is 0 Å². The van der Waals surface area contributed by atoms with Crippen LogP contribution in [-0.2, 0) is 0 Å². The van der Waals surface area contributed by atoms with E-state index in [9.17, 15) is 4.79 Å². The highest BCUT2D eigenvalue weighted by Crippen LogP contribution is 2.30. The number of benzene rings is 1. The molecule has 6 nitrogen and oxygen atoms in total. The quantitative estimate of drug-likeness (QED) is 0.937. The van der Waals surface area contributed by atoms with Gasteiger partial charge < -0.3 is 10.2 Å². The number of carbonyl (C=O) groups is 1. The van der Waals surface area contributed by atoms with Gasteiger partial charge in [-0.25, -0.2) is 9.67 Å². The molecule has 4 rings (SSSR count). The molecule has 2 atom stereocenters. The zero-order valence-electron chi connectivity index (χ0n) is 14.1. The molecule has 1 aromatic carbocycles. The molecule has 0 saturated carbocycles. The lowest BCUT2D eigenvalue weighted by Gasteiger charge is -2.35. The van der Waals surface area contributed by atoms with Gasteiger partial charge in [-0.3, -0.25) is 4.79 Å². The molecule has 0 spiro atoms. The van der Waals surface area contributed by atoms with Gasteiger partial charge in [0.1, 0.15) is 12.7 Å².